The fourth-order valence-corrected chi connectivity index (χ4v) is 5.01. The molecule has 0 saturated heterocycles. The predicted molar refractivity (Wildman–Crippen MR) is 175 cm³/mol. The summed E-state index contributed by atoms with van der Waals surface area (Å²) in [5, 5.41) is 28.4. The van der Waals surface area contributed by atoms with E-state index in [0.29, 0.717) is 16.8 Å². The molecular formula is C36H39N3O6. The average molecular weight is 610 g/mol. The van der Waals surface area contributed by atoms with Crippen molar-refractivity contribution in [3.63, 3.8) is 0 Å². The van der Waals surface area contributed by atoms with Gasteiger partial charge >= 0.3 is 6.09 Å². The minimum absolute atomic E-state index is 0.0326. The van der Waals surface area contributed by atoms with Crippen LogP contribution in [0.1, 0.15) is 43.5 Å². The summed E-state index contributed by atoms with van der Waals surface area (Å²) in [6, 6.07) is 22.0. The highest BCUT2D eigenvalue weighted by atomic mass is 16.6. The van der Waals surface area contributed by atoms with Gasteiger partial charge in [-0.3, -0.25) is 9.59 Å². The number of carbonyl (C=O) groups excluding carboxylic acids is 3. The van der Waals surface area contributed by atoms with Crippen LogP contribution < -0.4 is 10.6 Å². The Bertz CT molecular complexity index is 1690. The Kier molecular flexibility index (Phi) is 10.1. The highest BCUT2D eigenvalue weighted by Gasteiger charge is 2.37. The number of hydrogen-bond acceptors (Lipinski definition) is 6. The Morgan fingerprint density at radius 3 is 2.29 bits per heavy atom. The summed E-state index contributed by atoms with van der Waals surface area (Å²) in [6.45, 7) is 10.6. The second-order valence-electron chi connectivity index (χ2n) is 11.8. The number of fused-ring (bicyclic) bond motifs is 1. The number of rotatable bonds is 10. The number of ether oxygens (including phenoxy) is 1. The van der Waals surface area contributed by atoms with Crippen LogP contribution in [0.5, 0.6) is 11.5 Å². The first kappa shape index (κ1) is 32.6. The van der Waals surface area contributed by atoms with E-state index in [0.717, 1.165) is 10.8 Å². The number of para-hydroxylation sites is 1. The zero-order valence-electron chi connectivity index (χ0n) is 25.9. The molecule has 0 fully saturated rings. The van der Waals surface area contributed by atoms with Crippen molar-refractivity contribution in [2.75, 3.05) is 11.9 Å². The van der Waals surface area contributed by atoms with E-state index in [2.05, 4.69) is 17.2 Å². The summed E-state index contributed by atoms with van der Waals surface area (Å²) in [5.74, 6) is -1.25. The first-order chi connectivity index (χ1) is 21.4. The molecule has 234 valence electrons. The Morgan fingerprint density at radius 2 is 1.62 bits per heavy atom. The maximum atomic E-state index is 14.4. The standard InChI is InChI=1S/C36H39N3O6/c1-6-20-39(34(43)30(38-35(44)45-36(3,4)5)21-24-14-18-28(40)19-15-24)31(29-13-9-10-23(2)32(29)41)33(42)37-27-17-16-25-11-7-8-12-26(25)22-27/h6-19,22,30-31,40-41H,1,20-21H2,2-5H3,(H,37,42)(H,38,44). The van der Waals surface area contributed by atoms with Gasteiger partial charge in [0.05, 0.1) is 0 Å². The lowest BCUT2D eigenvalue weighted by atomic mass is 9.97. The van der Waals surface area contributed by atoms with E-state index in [4.69, 9.17) is 4.74 Å². The zero-order chi connectivity index (χ0) is 32.7. The Balaban J connectivity index is 1.76. The molecule has 0 bridgehead atoms. The lowest BCUT2D eigenvalue weighted by Gasteiger charge is -2.34. The molecule has 0 radical (unpaired) electrons. The number of anilines is 1. The summed E-state index contributed by atoms with van der Waals surface area (Å²) in [7, 11) is 0. The van der Waals surface area contributed by atoms with Crippen molar-refractivity contribution in [1.82, 2.24) is 10.2 Å². The highest BCUT2D eigenvalue weighted by molar-refractivity contribution is 6.01. The molecule has 4 rings (SSSR count). The van der Waals surface area contributed by atoms with Gasteiger partial charge in [0.25, 0.3) is 5.91 Å². The van der Waals surface area contributed by atoms with Crippen molar-refractivity contribution in [1.29, 1.82) is 0 Å². The molecule has 9 nitrogen and oxygen atoms in total. The Morgan fingerprint density at radius 1 is 0.933 bits per heavy atom. The lowest BCUT2D eigenvalue weighted by Crippen LogP contribution is -2.53. The van der Waals surface area contributed by atoms with E-state index in [1.54, 1.807) is 64.1 Å². The first-order valence-electron chi connectivity index (χ1n) is 14.6. The predicted octanol–water partition coefficient (Wildman–Crippen LogP) is 6.39. The largest absolute Gasteiger partial charge is 0.508 e. The molecule has 3 amide bonds. The van der Waals surface area contributed by atoms with E-state index in [9.17, 15) is 24.6 Å². The third-order valence-corrected chi connectivity index (χ3v) is 7.11. The first-order valence-corrected chi connectivity index (χ1v) is 14.6. The molecule has 4 aromatic carbocycles. The number of benzene rings is 4. The number of hydrogen-bond donors (Lipinski definition) is 4. The Labute approximate surface area is 263 Å². The quantitative estimate of drug-likeness (QED) is 0.154. The second kappa shape index (κ2) is 14.0. The summed E-state index contributed by atoms with van der Waals surface area (Å²) in [6.07, 6.45) is 0.700. The molecule has 2 unspecified atom stereocenters. The van der Waals surface area contributed by atoms with E-state index in [1.165, 1.54) is 23.1 Å². The van der Waals surface area contributed by atoms with Gasteiger partial charge in [0.2, 0.25) is 5.91 Å². The molecule has 0 aliphatic rings. The molecule has 9 heteroatoms. The van der Waals surface area contributed by atoms with Crippen LogP contribution in [-0.4, -0.2) is 51.2 Å². The molecule has 0 saturated carbocycles. The van der Waals surface area contributed by atoms with Crippen LogP contribution in [-0.2, 0) is 20.7 Å². The van der Waals surface area contributed by atoms with E-state index in [1.807, 2.05) is 36.4 Å². The van der Waals surface area contributed by atoms with Crippen molar-refractivity contribution in [3.8, 4) is 11.5 Å². The van der Waals surface area contributed by atoms with Crippen LogP contribution >= 0.6 is 0 Å². The fraction of sp³-hybridized carbons (Fsp3) is 0.250. The van der Waals surface area contributed by atoms with E-state index < -0.39 is 35.6 Å². The monoisotopic (exact) mass is 609 g/mol. The van der Waals surface area contributed by atoms with Gasteiger partial charge in [0.15, 0.2) is 0 Å². The molecule has 4 N–H and O–H groups in total. The molecule has 0 aromatic heterocycles. The van der Waals surface area contributed by atoms with Crippen LogP contribution in [0.3, 0.4) is 0 Å². The third-order valence-electron chi connectivity index (χ3n) is 7.11. The number of aromatic hydroxyl groups is 2. The second-order valence-corrected chi connectivity index (χ2v) is 11.8. The third kappa shape index (κ3) is 8.41. The lowest BCUT2D eigenvalue weighted by molar-refractivity contribution is -0.140. The number of aryl methyl sites for hydroxylation is 1. The van der Waals surface area contributed by atoms with Crippen molar-refractivity contribution in [3.05, 3.63) is 114 Å². The van der Waals surface area contributed by atoms with Crippen LogP contribution in [0.2, 0.25) is 0 Å². The molecule has 0 aliphatic carbocycles. The summed E-state index contributed by atoms with van der Waals surface area (Å²) >= 11 is 0. The number of alkyl carbamates (subject to hydrolysis) is 1. The number of phenolic OH excluding ortho intramolecular Hbond substituents is 2. The number of phenols is 2. The summed E-state index contributed by atoms with van der Waals surface area (Å²) < 4.78 is 5.46. The van der Waals surface area contributed by atoms with E-state index in [-0.39, 0.29) is 30.0 Å². The molecule has 4 aromatic rings. The normalized spacial score (nSPS) is 12.5. The minimum Gasteiger partial charge on any atom is -0.508 e. The van der Waals surface area contributed by atoms with Crippen LogP contribution in [0, 0.1) is 6.92 Å². The van der Waals surface area contributed by atoms with Crippen molar-refractivity contribution >= 4 is 34.4 Å². The van der Waals surface area contributed by atoms with Gasteiger partial charge in [-0.25, -0.2) is 4.79 Å². The van der Waals surface area contributed by atoms with Gasteiger partial charge in [-0.15, -0.1) is 6.58 Å². The molecule has 0 aliphatic heterocycles. The smallest absolute Gasteiger partial charge is 0.408 e. The maximum absolute atomic E-state index is 14.4. The maximum Gasteiger partial charge on any atom is 0.408 e. The SMILES string of the molecule is C=CCN(C(=O)C(Cc1ccc(O)cc1)NC(=O)OC(C)(C)C)C(C(=O)Nc1ccc2ccccc2c1)c1cccc(C)c1O. The van der Waals surface area contributed by atoms with Gasteiger partial charge in [-0.2, -0.15) is 0 Å². The van der Waals surface area contributed by atoms with Crippen molar-refractivity contribution < 1.29 is 29.3 Å². The zero-order valence-corrected chi connectivity index (χ0v) is 25.9. The topological polar surface area (TPSA) is 128 Å². The molecular weight excluding hydrogens is 570 g/mol. The van der Waals surface area contributed by atoms with Gasteiger partial charge in [0.1, 0.15) is 29.2 Å². The van der Waals surface area contributed by atoms with Crippen LogP contribution in [0.4, 0.5) is 10.5 Å². The average Bonchev–Trinajstić information content (AvgIpc) is 2.98. The number of carbonyl (C=O) groups is 3. The van der Waals surface area contributed by atoms with E-state index >= 15 is 0 Å². The summed E-state index contributed by atoms with van der Waals surface area (Å²) in [4.78, 5) is 42.8. The highest BCUT2D eigenvalue weighted by Crippen LogP contribution is 2.33. The fourth-order valence-electron chi connectivity index (χ4n) is 5.01. The van der Waals surface area contributed by atoms with Gasteiger partial charge in [0, 0.05) is 24.2 Å². The molecule has 0 spiro atoms. The van der Waals surface area contributed by atoms with Gasteiger partial charge in [-0.1, -0.05) is 66.7 Å². The number of nitrogens with zero attached hydrogens (tertiary/aromatic N) is 1. The van der Waals surface area contributed by atoms with Gasteiger partial charge < -0.3 is 30.5 Å². The number of amides is 3. The summed E-state index contributed by atoms with van der Waals surface area (Å²) in [5.41, 5.74) is 1.07. The van der Waals surface area contributed by atoms with Crippen molar-refractivity contribution in [2.45, 2.75) is 51.8 Å². The number of nitrogens with one attached hydrogen (secondary N) is 2. The van der Waals surface area contributed by atoms with Crippen LogP contribution in [0.15, 0.2) is 97.6 Å². The minimum atomic E-state index is -1.30. The Hall–Kier alpha value is -5.31. The van der Waals surface area contributed by atoms with Crippen molar-refractivity contribution in [2.24, 2.45) is 0 Å². The molecule has 0 heterocycles. The van der Waals surface area contributed by atoms with Gasteiger partial charge in [-0.05, 0) is 73.9 Å². The molecule has 2 atom stereocenters. The molecule has 45 heavy (non-hydrogen) atoms. The van der Waals surface area contributed by atoms with Crippen LogP contribution in [0.25, 0.3) is 10.8 Å².